The Labute approximate surface area is 125 Å². The lowest BCUT2D eigenvalue weighted by Crippen LogP contribution is -2.24. The summed E-state index contributed by atoms with van der Waals surface area (Å²) in [4.78, 5) is 3.49. The van der Waals surface area contributed by atoms with Gasteiger partial charge in [0.15, 0.2) is 0 Å². The van der Waals surface area contributed by atoms with Crippen LogP contribution < -0.4 is 10.6 Å². The molecule has 0 fully saturated rings. The van der Waals surface area contributed by atoms with Gasteiger partial charge in [-0.2, -0.15) is 0 Å². The van der Waals surface area contributed by atoms with Crippen LogP contribution in [-0.2, 0) is 0 Å². The molecule has 3 rings (SSSR count). The normalized spacial score (nSPS) is 16.5. The van der Waals surface area contributed by atoms with Crippen molar-refractivity contribution in [1.82, 2.24) is 4.98 Å². The SMILES string of the molecule is C=C(C1=CCCC=C1C)/C(C)=c1\[nH]c2ccccc2c1=C. The van der Waals surface area contributed by atoms with Crippen molar-refractivity contribution >= 4 is 23.1 Å². The molecule has 1 aromatic heterocycles. The highest BCUT2D eigenvalue weighted by Gasteiger charge is 2.11. The summed E-state index contributed by atoms with van der Waals surface area (Å²) in [6.07, 6.45) is 6.83. The van der Waals surface area contributed by atoms with Crippen LogP contribution in [0.3, 0.4) is 0 Å². The number of allylic oxidation sites excluding steroid dienone is 5. The smallest absolute Gasteiger partial charge is 0.0494 e. The van der Waals surface area contributed by atoms with Gasteiger partial charge in [0.05, 0.1) is 0 Å². The standard InChI is InChI=1S/C20H21N/c1-13-9-5-6-10-17(13)14(2)15(3)20-16(4)18-11-7-8-12-19(18)21-20/h7-12,21H,2,4-6H2,1,3H3/b20-15-. The van der Waals surface area contributed by atoms with Crippen molar-refractivity contribution in [3.05, 3.63) is 70.3 Å². The van der Waals surface area contributed by atoms with Crippen LogP contribution in [0.15, 0.2) is 59.7 Å². The highest BCUT2D eigenvalue weighted by molar-refractivity contribution is 5.82. The van der Waals surface area contributed by atoms with Gasteiger partial charge in [-0.1, -0.05) is 43.5 Å². The number of aromatic amines is 1. The maximum Gasteiger partial charge on any atom is 0.0494 e. The average Bonchev–Trinajstić information content (AvgIpc) is 2.84. The number of fused-ring (bicyclic) bond motifs is 1. The third-order valence-corrected chi connectivity index (χ3v) is 4.36. The van der Waals surface area contributed by atoms with Crippen LogP contribution in [0.25, 0.3) is 23.1 Å². The third-order valence-electron chi connectivity index (χ3n) is 4.36. The molecule has 0 atom stereocenters. The molecule has 0 radical (unpaired) electrons. The molecule has 21 heavy (non-hydrogen) atoms. The second-order valence-electron chi connectivity index (χ2n) is 5.71. The van der Waals surface area contributed by atoms with E-state index in [-0.39, 0.29) is 0 Å². The molecule has 1 heterocycles. The van der Waals surface area contributed by atoms with Gasteiger partial charge in [0.25, 0.3) is 0 Å². The molecule has 0 aliphatic heterocycles. The minimum absolute atomic E-state index is 1.06. The van der Waals surface area contributed by atoms with Crippen LogP contribution in [0.1, 0.15) is 26.7 Å². The van der Waals surface area contributed by atoms with E-state index in [4.69, 9.17) is 0 Å². The molecule has 0 saturated carbocycles. The molecule has 106 valence electrons. The largest absolute Gasteiger partial charge is 0.354 e. The summed E-state index contributed by atoms with van der Waals surface area (Å²) in [7, 11) is 0. The average molecular weight is 275 g/mol. The molecule has 2 aromatic rings. The predicted octanol–water partition coefficient (Wildman–Crippen LogP) is 3.97. The van der Waals surface area contributed by atoms with Gasteiger partial charge in [-0.15, -0.1) is 0 Å². The molecular weight excluding hydrogens is 254 g/mol. The van der Waals surface area contributed by atoms with Crippen LogP contribution in [0.2, 0.25) is 0 Å². The first kappa shape index (κ1) is 13.7. The minimum atomic E-state index is 1.06. The molecule has 1 heteroatoms. The molecule has 1 aromatic carbocycles. The van der Waals surface area contributed by atoms with Crippen molar-refractivity contribution in [3.8, 4) is 0 Å². The quantitative estimate of drug-likeness (QED) is 0.853. The highest BCUT2D eigenvalue weighted by atomic mass is 14.7. The van der Waals surface area contributed by atoms with Gasteiger partial charge < -0.3 is 4.98 Å². The van der Waals surface area contributed by atoms with E-state index in [0.717, 1.165) is 34.5 Å². The summed E-state index contributed by atoms with van der Waals surface area (Å²) >= 11 is 0. The minimum Gasteiger partial charge on any atom is -0.354 e. The molecule has 1 aliphatic carbocycles. The zero-order valence-electron chi connectivity index (χ0n) is 12.8. The van der Waals surface area contributed by atoms with Crippen LogP contribution in [0.5, 0.6) is 0 Å². The number of aromatic nitrogens is 1. The number of H-pyrrole nitrogens is 1. The zero-order chi connectivity index (χ0) is 15.0. The fraction of sp³-hybridized carbons (Fsp3) is 0.200. The van der Waals surface area contributed by atoms with Crippen LogP contribution in [0, 0.1) is 0 Å². The second-order valence-corrected chi connectivity index (χ2v) is 5.71. The van der Waals surface area contributed by atoms with Gasteiger partial charge >= 0.3 is 0 Å². The first-order valence-corrected chi connectivity index (χ1v) is 7.43. The van der Waals surface area contributed by atoms with Crippen molar-refractivity contribution in [3.63, 3.8) is 0 Å². The lowest BCUT2D eigenvalue weighted by atomic mass is 9.90. The van der Waals surface area contributed by atoms with Crippen LogP contribution in [0.4, 0.5) is 0 Å². The Kier molecular flexibility index (Phi) is 3.42. The van der Waals surface area contributed by atoms with Gasteiger partial charge in [0.2, 0.25) is 0 Å². The summed E-state index contributed by atoms with van der Waals surface area (Å²) in [6, 6.07) is 8.30. The molecule has 1 aliphatic rings. The summed E-state index contributed by atoms with van der Waals surface area (Å²) in [5, 5.41) is 3.34. The first-order chi connectivity index (χ1) is 10.1. The number of nitrogens with one attached hydrogen (secondary N) is 1. The van der Waals surface area contributed by atoms with Gasteiger partial charge in [-0.3, -0.25) is 0 Å². The van der Waals surface area contributed by atoms with E-state index >= 15 is 0 Å². The molecule has 0 saturated heterocycles. The van der Waals surface area contributed by atoms with Crippen molar-refractivity contribution in [2.75, 3.05) is 0 Å². The zero-order valence-corrected chi connectivity index (χ0v) is 12.8. The Morgan fingerprint density at radius 3 is 2.57 bits per heavy atom. The number of hydrogen-bond acceptors (Lipinski definition) is 0. The number of hydrogen-bond donors (Lipinski definition) is 1. The Bertz CT molecular complexity index is 888. The molecule has 0 amide bonds. The van der Waals surface area contributed by atoms with Crippen molar-refractivity contribution in [2.24, 2.45) is 0 Å². The second kappa shape index (κ2) is 5.25. The molecule has 1 N–H and O–H groups in total. The van der Waals surface area contributed by atoms with Crippen LogP contribution in [-0.4, -0.2) is 4.98 Å². The van der Waals surface area contributed by atoms with Gasteiger partial charge in [-0.25, -0.2) is 0 Å². The lowest BCUT2D eigenvalue weighted by molar-refractivity contribution is 0.997. The van der Waals surface area contributed by atoms with Crippen molar-refractivity contribution in [1.29, 1.82) is 0 Å². The van der Waals surface area contributed by atoms with Crippen molar-refractivity contribution in [2.45, 2.75) is 26.7 Å². The van der Waals surface area contributed by atoms with E-state index in [2.05, 4.69) is 62.3 Å². The number of rotatable bonds is 2. The Morgan fingerprint density at radius 1 is 1.14 bits per heavy atom. The Balaban J connectivity index is 2.19. The molecule has 0 bridgehead atoms. The van der Waals surface area contributed by atoms with Gasteiger partial charge in [0.1, 0.15) is 0 Å². The first-order valence-electron chi connectivity index (χ1n) is 7.43. The summed E-state index contributed by atoms with van der Waals surface area (Å²) in [5.74, 6) is 0. The van der Waals surface area contributed by atoms with E-state index in [0.29, 0.717) is 0 Å². The van der Waals surface area contributed by atoms with Crippen LogP contribution >= 0.6 is 0 Å². The van der Waals surface area contributed by atoms with Gasteiger partial charge in [-0.05, 0) is 55.0 Å². The fourth-order valence-corrected chi connectivity index (χ4v) is 3.03. The molecule has 0 spiro atoms. The van der Waals surface area contributed by atoms with Gasteiger partial charge in [0, 0.05) is 21.5 Å². The summed E-state index contributed by atoms with van der Waals surface area (Å²) < 4.78 is 0. The molecule has 0 unspecified atom stereocenters. The molecule has 1 nitrogen and oxygen atoms in total. The van der Waals surface area contributed by atoms with E-state index in [1.54, 1.807) is 0 Å². The highest BCUT2D eigenvalue weighted by Crippen LogP contribution is 2.28. The Morgan fingerprint density at radius 2 is 1.86 bits per heavy atom. The maximum absolute atomic E-state index is 4.32. The van der Waals surface area contributed by atoms with E-state index in [9.17, 15) is 0 Å². The fourth-order valence-electron chi connectivity index (χ4n) is 3.03. The van der Waals surface area contributed by atoms with E-state index in [1.807, 2.05) is 6.07 Å². The number of para-hydroxylation sites is 1. The van der Waals surface area contributed by atoms with E-state index in [1.165, 1.54) is 22.1 Å². The molecular formula is C20H21N. The maximum atomic E-state index is 4.32. The predicted molar refractivity (Wildman–Crippen MR) is 92.4 cm³/mol. The van der Waals surface area contributed by atoms with Crippen molar-refractivity contribution < 1.29 is 0 Å². The lowest BCUT2D eigenvalue weighted by Gasteiger charge is -2.15. The monoisotopic (exact) mass is 275 g/mol. The van der Waals surface area contributed by atoms with E-state index < -0.39 is 0 Å². The number of benzene rings is 1. The Hall–Kier alpha value is -2.28. The third kappa shape index (κ3) is 2.29. The summed E-state index contributed by atoms with van der Waals surface area (Å²) in [5.41, 5.74) is 6.01. The summed E-state index contributed by atoms with van der Waals surface area (Å²) in [6.45, 7) is 12.9. The topological polar surface area (TPSA) is 15.8 Å².